The van der Waals surface area contributed by atoms with Gasteiger partial charge in [0.15, 0.2) is 0 Å². The van der Waals surface area contributed by atoms with Crippen LogP contribution in [0.1, 0.15) is 29.1 Å². The third-order valence-electron chi connectivity index (χ3n) is 5.40. The number of nitro groups is 1. The summed E-state index contributed by atoms with van der Waals surface area (Å²) in [6, 6.07) is 5.10. The molecule has 0 aliphatic carbocycles. The van der Waals surface area contributed by atoms with Crippen LogP contribution in [0, 0.1) is 16.0 Å². The first-order chi connectivity index (χ1) is 15.5. The highest BCUT2D eigenvalue weighted by atomic mass is 32.1. The van der Waals surface area contributed by atoms with Gasteiger partial charge in [0.05, 0.1) is 15.4 Å². The van der Waals surface area contributed by atoms with Gasteiger partial charge in [0.1, 0.15) is 11.7 Å². The van der Waals surface area contributed by atoms with Crippen molar-refractivity contribution in [2.45, 2.75) is 26.1 Å². The normalized spacial score (nSPS) is 15.5. The molecule has 1 aromatic heterocycles. The van der Waals surface area contributed by atoms with Crippen LogP contribution < -0.4 is 10.2 Å². The lowest BCUT2D eigenvalue weighted by Gasteiger charge is -2.38. The van der Waals surface area contributed by atoms with Crippen LogP contribution in [0.2, 0.25) is 0 Å². The maximum Gasteiger partial charge on any atom is 0.416 e. The summed E-state index contributed by atoms with van der Waals surface area (Å²) in [5, 5.41) is 15.9. The minimum atomic E-state index is -4.69. The number of carbonyl (C=O) groups is 2. The average molecular weight is 485 g/mol. The van der Waals surface area contributed by atoms with Crippen molar-refractivity contribution in [2.24, 2.45) is 5.92 Å². The highest BCUT2D eigenvalue weighted by Crippen LogP contribution is 2.36. The van der Waals surface area contributed by atoms with Gasteiger partial charge in [-0.1, -0.05) is 19.9 Å². The fraction of sp³-hybridized carbons (Fsp3) is 0.429. The highest BCUT2D eigenvalue weighted by Gasteiger charge is 2.35. The van der Waals surface area contributed by atoms with Gasteiger partial charge in [-0.05, 0) is 29.5 Å². The molecule has 0 radical (unpaired) electrons. The van der Waals surface area contributed by atoms with Crippen LogP contribution >= 0.6 is 11.3 Å². The second-order valence-electron chi connectivity index (χ2n) is 7.94. The molecular formula is C21H23F3N4O4S. The molecule has 12 heteroatoms. The topological polar surface area (TPSA) is 95.8 Å². The van der Waals surface area contributed by atoms with E-state index in [1.807, 2.05) is 13.8 Å². The van der Waals surface area contributed by atoms with E-state index in [9.17, 15) is 32.9 Å². The number of rotatable bonds is 6. The Morgan fingerprint density at radius 3 is 2.33 bits per heavy atom. The molecule has 2 amide bonds. The van der Waals surface area contributed by atoms with Crippen molar-refractivity contribution in [1.29, 1.82) is 0 Å². The fourth-order valence-corrected chi connectivity index (χ4v) is 4.24. The Labute approximate surface area is 192 Å². The molecule has 178 valence electrons. The number of hydrogen-bond acceptors (Lipinski definition) is 6. The highest BCUT2D eigenvalue weighted by molar-refractivity contribution is 7.12. The number of nitrogens with zero attached hydrogens (tertiary/aromatic N) is 3. The molecule has 0 bridgehead atoms. The average Bonchev–Trinajstić information content (AvgIpc) is 3.31. The smallest absolute Gasteiger partial charge is 0.362 e. The quantitative estimate of drug-likeness (QED) is 0.497. The summed E-state index contributed by atoms with van der Waals surface area (Å²) in [4.78, 5) is 39.7. The SMILES string of the molecule is CC(C)C(NC(=O)c1cccs1)C(=O)N1CCN(c2ccc(C(F)(F)F)cc2[N+](=O)[O-])CC1. The van der Waals surface area contributed by atoms with E-state index in [-0.39, 0.29) is 49.6 Å². The number of thiophene rings is 1. The lowest BCUT2D eigenvalue weighted by atomic mass is 10.0. The molecule has 1 aliphatic heterocycles. The minimum absolute atomic E-state index is 0.0755. The van der Waals surface area contributed by atoms with E-state index in [1.54, 1.807) is 27.3 Å². The van der Waals surface area contributed by atoms with E-state index in [0.717, 1.165) is 12.1 Å². The standard InChI is InChI=1S/C21H23F3N4O4S/c1-13(2)18(25-19(29)17-4-3-11-33-17)20(30)27-9-7-26(8-10-27)15-6-5-14(21(22,23)24)12-16(15)28(31)32/h3-6,11-13,18H,7-10H2,1-2H3,(H,25,29). The van der Waals surface area contributed by atoms with Crippen molar-refractivity contribution in [1.82, 2.24) is 10.2 Å². The number of halogens is 3. The summed E-state index contributed by atoms with van der Waals surface area (Å²) in [6.45, 7) is 4.49. The number of piperazine rings is 1. The van der Waals surface area contributed by atoms with Gasteiger partial charge < -0.3 is 15.1 Å². The maximum absolute atomic E-state index is 13.1. The monoisotopic (exact) mass is 484 g/mol. The second-order valence-corrected chi connectivity index (χ2v) is 8.89. The lowest BCUT2D eigenvalue weighted by Crippen LogP contribution is -2.56. The first kappa shape index (κ1) is 24.5. The third kappa shape index (κ3) is 5.62. The number of alkyl halides is 3. The molecule has 1 saturated heterocycles. The number of amides is 2. The van der Waals surface area contributed by atoms with Crippen LogP contribution in [0.4, 0.5) is 24.5 Å². The van der Waals surface area contributed by atoms with Crippen LogP contribution in [0.15, 0.2) is 35.7 Å². The van der Waals surface area contributed by atoms with Crippen LogP contribution in [0.3, 0.4) is 0 Å². The molecule has 1 unspecified atom stereocenters. The maximum atomic E-state index is 13.1. The summed E-state index contributed by atoms with van der Waals surface area (Å²) in [6.07, 6.45) is -4.69. The van der Waals surface area contributed by atoms with E-state index in [4.69, 9.17) is 0 Å². The lowest BCUT2D eigenvalue weighted by molar-refractivity contribution is -0.384. The molecule has 1 aromatic carbocycles. The molecule has 0 saturated carbocycles. The van der Waals surface area contributed by atoms with Gasteiger partial charge in [-0.3, -0.25) is 19.7 Å². The molecule has 1 aliphatic rings. The van der Waals surface area contributed by atoms with Crippen LogP contribution in [0.25, 0.3) is 0 Å². The molecule has 1 N–H and O–H groups in total. The second kappa shape index (κ2) is 9.77. The van der Waals surface area contributed by atoms with Gasteiger partial charge in [-0.25, -0.2) is 0 Å². The number of hydrogen-bond donors (Lipinski definition) is 1. The number of carbonyl (C=O) groups excluding carboxylic acids is 2. The third-order valence-corrected chi connectivity index (χ3v) is 6.26. The van der Waals surface area contributed by atoms with Gasteiger partial charge in [-0.15, -0.1) is 11.3 Å². The first-order valence-corrected chi connectivity index (χ1v) is 11.1. The van der Waals surface area contributed by atoms with Gasteiger partial charge in [0, 0.05) is 32.2 Å². The fourth-order valence-electron chi connectivity index (χ4n) is 3.61. The first-order valence-electron chi connectivity index (χ1n) is 10.2. The number of anilines is 1. The Morgan fingerprint density at radius 1 is 1.15 bits per heavy atom. The predicted molar refractivity (Wildman–Crippen MR) is 117 cm³/mol. The molecule has 2 heterocycles. The van der Waals surface area contributed by atoms with E-state index in [2.05, 4.69) is 5.32 Å². The Hall–Kier alpha value is -3.15. The summed E-state index contributed by atoms with van der Waals surface area (Å²) in [5.41, 5.74) is -1.65. The van der Waals surface area contributed by atoms with E-state index >= 15 is 0 Å². The minimum Gasteiger partial charge on any atom is -0.362 e. The zero-order valence-corrected chi connectivity index (χ0v) is 18.8. The zero-order valence-electron chi connectivity index (χ0n) is 18.0. The van der Waals surface area contributed by atoms with Crippen LogP contribution in [-0.2, 0) is 11.0 Å². The van der Waals surface area contributed by atoms with E-state index < -0.39 is 28.4 Å². The van der Waals surface area contributed by atoms with Crippen molar-refractivity contribution in [3.05, 3.63) is 56.3 Å². The Bertz CT molecular complexity index is 1020. The molecule has 2 aromatic rings. The molecule has 3 rings (SSSR count). The van der Waals surface area contributed by atoms with Crippen LogP contribution in [0.5, 0.6) is 0 Å². The number of nitro benzene ring substituents is 1. The van der Waals surface area contributed by atoms with Crippen molar-refractivity contribution in [3.63, 3.8) is 0 Å². The van der Waals surface area contributed by atoms with Gasteiger partial charge in [0.25, 0.3) is 11.6 Å². The summed E-state index contributed by atoms with van der Waals surface area (Å²) < 4.78 is 38.9. The summed E-state index contributed by atoms with van der Waals surface area (Å²) >= 11 is 1.27. The van der Waals surface area contributed by atoms with E-state index in [1.165, 1.54) is 11.3 Å². The zero-order chi connectivity index (χ0) is 24.3. The largest absolute Gasteiger partial charge is 0.416 e. The Kier molecular flexibility index (Phi) is 7.25. The van der Waals surface area contributed by atoms with Crippen molar-refractivity contribution >= 4 is 34.5 Å². The molecule has 8 nitrogen and oxygen atoms in total. The van der Waals surface area contributed by atoms with Crippen LogP contribution in [-0.4, -0.2) is 53.9 Å². The number of benzene rings is 1. The number of nitrogens with one attached hydrogen (secondary N) is 1. The van der Waals surface area contributed by atoms with Gasteiger partial charge in [0.2, 0.25) is 5.91 Å². The summed E-state index contributed by atoms with van der Waals surface area (Å²) in [7, 11) is 0. The predicted octanol–water partition coefficient (Wildman–Crippen LogP) is 3.78. The van der Waals surface area contributed by atoms with Gasteiger partial charge in [-0.2, -0.15) is 13.2 Å². The molecular weight excluding hydrogens is 461 g/mol. The molecule has 1 fully saturated rings. The van der Waals surface area contributed by atoms with E-state index in [0.29, 0.717) is 10.9 Å². The molecule has 0 spiro atoms. The Balaban J connectivity index is 1.70. The molecule has 33 heavy (non-hydrogen) atoms. The van der Waals surface area contributed by atoms with Crippen molar-refractivity contribution < 1.29 is 27.7 Å². The Morgan fingerprint density at radius 2 is 1.82 bits per heavy atom. The van der Waals surface area contributed by atoms with Crippen molar-refractivity contribution in [2.75, 3.05) is 31.1 Å². The van der Waals surface area contributed by atoms with Crippen molar-refractivity contribution in [3.8, 4) is 0 Å². The summed E-state index contributed by atoms with van der Waals surface area (Å²) in [5.74, 6) is -0.775. The molecule has 1 atom stereocenters. The van der Waals surface area contributed by atoms with Gasteiger partial charge >= 0.3 is 6.18 Å².